The molecule has 1 nitrogen and oxygen atoms in total. The molecule has 1 aromatic rings. The highest BCUT2D eigenvalue weighted by Gasteiger charge is 2.06. The standard InChI is InChI=1S/C9H9ClOS/c10-6-9(7-11)12-8-4-2-1-3-5-8/h1-5,7,9H,6H2. The van der Waals surface area contributed by atoms with E-state index < -0.39 is 0 Å². The summed E-state index contributed by atoms with van der Waals surface area (Å²) in [5, 5.41) is -0.130. The fraction of sp³-hybridized carbons (Fsp3) is 0.222. The Balaban J connectivity index is 2.56. The summed E-state index contributed by atoms with van der Waals surface area (Å²) in [5.41, 5.74) is 0. The Hall–Kier alpha value is -0.470. The molecule has 0 aliphatic heterocycles. The van der Waals surface area contributed by atoms with E-state index in [0.29, 0.717) is 5.88 Å². The largest absolute Gasteiger partial charge is 0.302 e. The zero-order chi connectivity index (χ0) is 8.81. The quantitative estimate of drug-likeness (QED) is 0.422. The van der Waals surface area contributed by atoms with Crippen molar-refractivity contribution in [1.82, 2.24) is 0 Å². The Bertz CT molecular complexity index is 238. The van der Waals surface area contributed by atoms with E-state index in [1.165, 1.54) is 11.8 Å². The third-order valence-electron chi connectivity index (χ3n) is 1.33. The van der Waals surface area contributed by atoms with Crippen molar-refractivity contribution in [3.05, 3.63) is 30.3 Å². The average molecular weight is 201 g/mol. The number of alkyl halides is 1. The molecule has 0 fully saturated rings. The van der Waals surface area contributed by atoms with Crippen LogP contribution in [0, 0.1) is 0 Å². The maximum Gasteiger partial charge on any atom is 0.134 e. The van der Waals surface area contributed by atoms with Gasteiger partial charge in [-0.05, 0) is 12.1 Å². The van der Waals surface area contributed by atoms with Crippen molar-refractivity contribution in [3.63, 3.8) is 0 Å². The van der Waals surface area contributed by atoms with Gasteiger partial charge in [0.05, 0.1) is 5.25 Å². The molecule has 0 spiro atoms. The van der Waals surface area contributed by atoms with Gasteiger partial charge in [0.1, 0.15) is 6.29 Å². The molecule has 0 bridgehead atoms. The van der Waals surface area contributed by atoms with Gasteiger partial charge in [-0.25, -0.2) is 0 Å². The van der Waals surface area contributed by atoms with Crippen LogP contribution in [-0.2, 0) is 4.79 Å². The first-order valence-corrected chi connectivity index (χ1v) is 5.01. The summed E-state index contributed by atoms with van der Waals surface area (Å²) in [7, 11) is 0. The first-order valence-electron chi connectivity index (χ1n) is 3.60. The van der Waals surface area contributed by atoms with Crippen molar-refractivity contribution in [1.29, 1.82) is 0 Å². The van der Waals surface area contributed by atoms with Crippen molar-refractivity contribution in [2.24, 2.45) is 0 Å². The summed E-state index contributed by atoms with van der Waals surface area (Å²) in [6.07, 6.45) is 0.880. The van der Waals surface area contributed by atoms with Gasteiger partial charge in [-0.2, -0.15) is 0 Å². The van der Waals surface area contributed by atoms with Gasteiger partial charge in [-0.1, -0.05) is 18.2 Å². The molecular formula is C9H9ClOS. The molecule has 0 aliphatic rings. The van der Waals surface area contributed by atoms with E-state index in [-0.39, 0.29) is 5.25 Å². The molecule has 0 saturated carbocycles. The van der Waals surface area contributed by atoms with Crippen LogP contribution in [0.3, 0.4) is 0 Å². The summed E-state index contributed by atoms with van der Waals surface area (Å²) in [6, 6.07) is 9.76. The molecule has 0 radical (unpaired) electrons. The second-order valence-electron chi connectivity index (χ2n) is 2.26. The van der Waals surface area contributed by atoms with Gasteiger partial charge in [0.25, 0.3) is 0 Å². The van der Waals surface area contributed by atoms with Crippen LogP contribution in [0.1, 0.15) is 0 Å². The van der Waals surface area contributed by atoms with Crippen molar-refractivity contribution < 1.29 is 4.79 Å². The minimum Gasteiger partial charge on any atom is -0.302 e. The van der Waals surface area contributed by atoms with Crippen molar-refractivity contribution >= 4 is 29.6 Å². The lowest BCUT2D eigenvalue weighted by Crippen LogP contribution is -2.04. The van der Waals surface area contributed by atoms with Gasteiger partial charge in [0.15, 0.2) is 0 Å². The van der Waals surface area contributed by atoms with E-state index in [1.54, 1.807) is 0 Å². The van der Waals surface area contributed by atoms with E-state index in [1.807, 2.05) is 30.3 Å². The lowest BCUT2D eigenvalue weighted by atomic mass is 10.4. The fourth-order valence-corrected chi connectivity index (χ4v) is 1.81. The number of rotatable bonds is 4. The molecule has 12 heavy (non-hydrogen) atoms. The van der Waals surface area contributed by atoms with Crippen molar-refractivity contribution in [3.8, 4) is 0 Å². The van der Waals surface area contributed by atoms with Crippen LogP contribution in [0.2, 0.25) is 0 Å². The summed E-state index contributed by atoms with van der Waals surface area (Å²) in [6.45, 7) is 0. The third-order valence-corrected chi connectivity index (χ3v) is 2.97. The molecule has 64 valence electrons. The second-order valence-corrected chi connectivity index (χ2v) is 3.88. The number of halogens is 1. The molecule has 0 heterocycles. The highest BCUT2D eigenvalue weighted by atomic mass is 35.5. The van der Waals surface area contributed by atoms with Crippen LogP contribution >= 0.6 is 23.4 Å². The maximum absolute atomic E-state index is 10.4. The lowest BCUT2D eigenvalue weighted by Gasteiger charge is -2.04. The zero-order valence-corrected chi connectivity index (χ0v) is 8.02. The smallest absolute Gasteiger partial charge is 0.134 e. The number of hydrogen-bond acceptors (Lipinski definition) is 2. The Labute approximate surface area is 81.1 Å². The minimum absolute atomic E-state index is 0.130. The molecule has 0 aromatic heterocycles. The highest BCUT2D eigenvalue weighted by Crippen LogP contribution is 2.22. The molecule has 0 amide bonds. The van der Waals surface area contributed by atoms with Crippen LogP contribution in [0.25, 0.3) is 0 Å². The molecule has 0 N–H and O–H groups in total. The highest BCUT2D eigenvalue weighted by molar-refractivity contribution is 8.00. The maximum atomic E-state index is 10.4. The molecule has 3 heteroatoms. The van der Waals surface area contributed by atoms with Crippen LogP contribution in [0.5, 0.6) is 0 Å². The topological polar surface area (TPSA) is 17.1 Å². The third kappa shape index (κ3) is 2.88. The normalized spacial score (nSPS) is 12.4. The number of carbonyl (C=O) groups excluding carboxylic acids is 1. The molecule has 1 atom stereocenters. The van der Waals surface area contributed by atoms with Gasteiger partial charge in [-0.15, -0.1) is 23.4 Å². The monoisotopic (exact) mass is 200 g/mol. The van der Waals surface area contributed by atoms with Gasteiger partial charge in [0.2, 0.25) is 0 Å². The van der Waals surface area contributed by atoms with Crippen LogP contribution in [0.4, 0.5) is 0 Å². The van der Waals surface area contributed by atoms with Crippen molar-refractivity contribution in [2.75, 3.05) is 5.88 Å². The summed E-state index contributed by atoms with van der Waals surface area (Å²) in [5.74, 6) is 0.364. The number of carbonyl (C=O) groups is 1. The number of hydrogen-bond donors (Lipinski definition) is 0. The number of aldehydes is 1. The van der Waals surface area contributed by atoms with E-state index in [4.69, 9.17) is 11.6 Å². The summed E-state index contributed by atoms with van der Waals surface area (Å²) >= 11 is 7.05. The predicted octanol–water partition coefficient (Wildman–Crippen LogP) is 2.59. The first kappa shape index (κ1) is 9.62. The molecule has 0 aliphatic carbocycles. The van der Waals surface area contributed by atoms with Gasteiger partial charge in [0, 0.05) is 10.8 Å². The van der Waals surface area contributed by atoms with Gasteiger partial charge in [-0.3, -0.25) is 0 Å². The lowest BCUT2D eigenvalue weighted by molar-refractivity contribution is -0.107. The van der Waals surface area contributed by atoms with Crippen LogP contribution in [-0.4, -0.2) is 17.4 Å². The Morgan fingerprint density at radius 2 is 2.08 bits per heavy atom. The van der Waals surface area contributed by atoms with Gasteiger partial charge < -0.3 is 4.79 Å². The molecule has 1 unspecified atom stereocenters. The van der Waals surface area contributed by atoms with Crippen molar-refractivity contribution in [2.45, 2.75) is 10.1 Å². The zero-order valence-electron chi connectivity index (χ0n) is 6.44. The van der Waals surface area contributed by atoms with E-state index in [0.717, 1.165) is 11.2 Å². The molecule has 1 aromatic carbocycles. The first-order chi connectivity index (χ1) is 5.86. The minimum atomic E-state index is -0.130. The van der Waals surface area contributed by atoms with Gasteiger partial charge >= 0.3 is 0 Å². The Morgan fingerprint density at radius 1 is 1.42 bits per heavy atom. The average Bonchev–Trinajstić information content (AvgIpc) is 2.16. The van der Waals surface area contributed by atoms with E-state index >= 15 is 0 Å². The summed E-state index contributed by atoms with van der Waals surface area (Å²) < 4.78 is 0. The predicted molar refractivity (Wildman–Crippen MR) is 52.9 cm³/mol. The number of benzene rings is 1. The van der Waals surface area contributed by atoms with Crippen LogP contribution in [0.15, 0.2) is 35.2 Å². The summed E-state index contributed by atoms with van der Waals surface area (Å²) in [4.78, 5) is 11.5. The van der Waals surface area contributed by atoms with E-state index in [2.05, 4.69) is 0 Å². The fourth-order valence-electron chi connectivity index (χ4n) is 0.769. The SMILES string of the molecule is O=CC(CCl)Sc1ccccc1. The Kier molecular flexibility index (Phi) is 4.19. The molecule has 1 rings (SSSR count). The second kappa shape index (κ2) is 5.22. The Morgan fingerprint density at radius 3 is 2.58 bits per heavy atom. The molecular weight excluding hydrogens is 192 g/mol. The number of thioether (sulfide) groups is 1. The van der Waals surface area contributed by atoms with Crippen LogP contribution < -0.4 is 0 Å². The van der Waals surface area contributed by atoms with E-state index in [9.17, 15) is 4.79 Å². The molecule has 0 saturated heterocycles.